The summed E-state index contributed by atoms with van der Waals surface area (Å²) in [7, 11) is 0. The first-order valence-electron chi connectivity index (χ1n) is 8.56. The van der Waals surface area contributed by atoms with Gasteiger partial charge in [-0.3, -0.25) is 14.4 Å². The lowest BCUT2D eigenvalue weighted by Crippen LogP contribution is -2.50. The minimum atomic E-state index is -1.03. The van der Waals surface area contributed by atoms with Crippen LogP contribution in [-0.2, 0) is 19.2 Å². The molecule has 0 saturated carbocycles. The number of carbonyl (C=O) groups excluding carboxylic acids is 3. The molecule has 0 saturated heterocycles. The van der Waals surface area contributed by atoms with Crippen molar-refractivity contribution in [1.29, 1.82) is 0 Å². The number of aldehydes is 1. The lowest BCUT2D eigenvalue weighted by Gasteiger charge is -2.22. The van der Waals surface area contributed by atoms with Gasteiger partial charge in [0, 0.05) is 12.8 Å². The van der Waals surface area contributed by atoms with Crippen LogP contribution in [0.15, 0.2) is 0 Å². The van der Waals surface area contributed by atoms with Crippen LogP contribution in [0, 0.1) is 5.92 Å². The van der Waals surface area contributed by atoms with Gasteiger partial charge in [-0.2, -0.15) is 0 Å². The maximum absolute atomic E-state index is 12.3. The number of rotatable bonds is 13. The van der Waals surface area contributed by atoms with Crippen LogP contribution in [0.2, 0.25) is 0 Å². The zero-order valence-corrected chi connectivity index (χ0v) is 14.8. The van der Waals surface area contributed by atoms with E-state index in [9.17, 15) is 19.2 Å². The molecule has 0 aromatic rings. The zero-order chi connectivity index (χ0) is 18.5. The number of hydrogen-bond acceptors (Lipinski definition) is 4. The number of nitrogens with one attached hydrogen (secondary N) is 2. The first kappa shape index (κ1) is 22.1. The normalized spacial score (nSPS) is 13.2. The Hall–Kier alpha value is -1.92. The first-order chi connectivity index (χ1) is 11.3. The number of hydrogen-bond donors (Lipinski definition) is 3. The van der Waals surface area contributed by atoms with Gasteiger partial charge in [0.25, 0.3) is 0 Å². The van der Waals surface area contributed by atoms with Crippen molar-refractivity contribution in [3.63, 3.8) is 0 Å². The van der Waals surface area contributed by atoms with Crippen molar-refractivity contribution in [2.45, 2.75) is 77.8 Å². The van der Waals surface area contributed by atoms with Crippen LogP contribution >= 0.6 is 0 Å². The van der Waals surface area contributed by atoms with Crippen molar-refractivity contribution in [2.24, 2.45) is 5.92 Å². The topological polar surface area (TPSA) is 113 Å². The van der Waals surface area contributed by atoms with E-state index in [2.05, 4.69) is 10.6 Å². The van der Waals surface area contributed by atoms with Crippen molar-refractivity contribution < 1.29 is 24.3 Å². The first-order valence-corrected chi connectivity index (χ1v) is 8.56. The molecule has 0 spiro atoms. The van der Waals surface area contributed by atoms with Crippen LogP contribution in [0.1, 0.15) is 65.7 Å². The molecule has 2 amide bonds. The Morgan fingerprint density at radius 1 is 1.08 bits per heavy atom. The molecule has 0 aliphatic carbocycles. The average molecular weight is 342 g/mol. The molecule has 7 nitrogen and oxygen atoms in total. The van der Waals surface area contributed by atoms with E-state index in [4.69, 9.17) is 5.11 Å². The number of unbranched alkanes of at least 4 members (excludes halogenated alkanes) is 2. The molecule has 0 aromatic carbocycles. The third-order valence-corrected chi connectivity index (χ3v) is 3.53. The van der Waals surface area contributed by atoms with Crippen LogP contribution in [0.3, 0.4) is 0 Å². The van der Waals surface area contributed by atoms with E-state index in [1.165, 1.54) is 0 Å². The molecule has 24 heavy (non-hydrogen) atoms. The maximum atomic E-state index is 12.3. The number of carbonyl (C=O) groups is 4. The van der Waals surface area contributed by atoms with E-state index in [0.29, 0.717) is 19.1 Å². The van der Waals surface area contributed by atoms with Gasteiger partial charge in [-0.15, -0.1) is 0 Å². The highest BCUT2D eigenvalue weighted by Crippen LogP contribution is 2.07. The van der Waals surface area contributed by atoms with Crippen molar-refractivity contribution >= 4 is 24.1 Å². The van der Waals surface area contributed by atoms with Gasteiger partial charge in [-0.25, -0.2) is 0 Å². The fourth-order valence-corrected chi connectivity index (χ4v) is 2.24. The Balaban J connectivity index is 4.65. The third-order valence-electron chi connectivity index (χ3n) is 3.53. The molecule has 0 aromatic heterocycles. The number of carboxylic acids is 1. The number of carboxylic acid groups (broad SMARTS) is 1. The summed E-state index contributed by atoms with van der Waals surface area (Å²) in [4.78, 5) is 45.8. The van der Waals surface area contributed by atoms with E-state index in [0.717, 1.165) is 19.3 Å². The molecule has 7 heteroatoms. The van der Waals surface area contributed by atoms with Crippen LogP contribution < -0.4 is 10.6 Å². The van der Waals surface area contributed by atoms with Crippen LogP contribution in [0.25, 0.3) is 0 Å². The van der Waals surface area contributed by atoms with Crippen LogP contribution in [0.5, 0.6) is 0 Å². The molecule has 0 bridgehead atoms. The van der Waals surface area contributed by atoms with Gasteiger partial charge in [0.1, 0.15) is 12.3 Å². The largest absolute Gasteiger partial charge is 0.481 e. The SMILES string of the molecule is CCCCCC(=O)N[C@@H](CC(C)C)C(=O)N[C@H](C=O)CCC(=O)O. The van der Waals surface area contributed by atoms with Gasteiger partial charge in [0.05, 0.1) is 6.04 Å². The van der Waals surface area contributed by atoms with Crippen molar-refractivity contribution in [3.8, 4) is 0 Å². The Labute approximate surface area is 143 Å². The molecule has 0 aliphatic heterocycles. The summed E-state index contributed by atoms with van der Waals surface area (Å²) in [6.45, 7) is 5.92. The van der Waals surface area contributed by atoms with E-state index in [1.54, 1.807) is 0 Å². The third kappa shape index (κ3) is 10.7. The second-order valence-corrected chi connectivity index (χ2v) is 6.39. The summed E-state index contributed by atoms with van der Waals surface area (Å²) in [5.74, 6) is -1.48. The average Bonchev–Trinajstić information content (AvgIpc) is 2.50. The summed E-state index contributed by atoms with van der Waals surface area (Å²) in [5.41, 5.74) is 0. The molecule has 138 valence electrons. The van der Waals surface area contributed by atoms with Crippen molar-refractivity contribution in [3.05, 3.63) is 0 Å². The maximum Gasteiger partial charge on any atom is 0.303 e. The highest BCUT2D eigenvalue weighted by Gasteiger charge is 2.24. The highest BCUT2D eigenvalue weighted by molar-refractivity contribution is 5.89. The second kappa shape index (κ2) is 12.5. The highest BCUT2D eigenvalue weighted by atomic mass is 16.4. The molecular weight excluding hydrogens is 312 g/mol. The standard InChI is InChI=1S/C17H30N2O5/c1-4-5-6-7-15(21)19-14(10-12(2)3)17(24)18-13(11-20)8-9-16(22)23/h11-14H,4-10H2,1-3H3,(H,18,24)(H,19,21)(H,22,23)/t13-,14-/m0/s1. The Morgan fingerprint density at radius 2 is 1.75 bits per heavy atom. The molecule has 0 unspecified atom stereocenters. The number of amides is 2. The molecule has 0 fully saturated rings. The van der Waals surface area contributed by atoms with E-state index >= 15 is 0 Å². The van der Waals surface area contributed by atoms with Crippen LogP contribution in [0.4, 0.5) is 0 Å². The predicted octanol–water partition coefficient (Wildman–Crippen LogP) is 1.65. The minimum Gasteiger partial charge on any atom is -0.481 e. The number of aliphatic carboxylic acids is 1. The fraction of sp³-hybridized carbons (Fsp3) is 0.765. The van der Waals surface area contributed by atoms with Gasteiger partial charge in [-0.1, -0.05) is 33.6 Å². The molecular formula is C17H30N2O5. The Bertz CT molecular complexity index is 423. The van der Waals surface area contributed by atoms with Gasteiger partial charge < -0.3 is 20.5 Å². The van der Waals surface area contributed by atoms with E-state index < -0.39 is 24.0 Å². The Kier molecular flexibility index (Phi) is 11.5. The smallest absolute Gasteiger partial charge is 0.303 e. The van der Waals surface area contributed by atoms with E-state index in [1.807, 2.05) is 20.8 Å². The predicted molar refractivity (Wildman–Crippen MR) is 90.4 cm³/mol. The van der Waals surface area contributed by atoms with Gasteiger partial charge in [0.15, 0.2) is 0 Å². The van der Waals surface area contributed by atoms with Crippen LogP contribution in [-0.4, -0.2) is 41.3 Å². The summed E-state index contributed by atoms with van der Waals surface area (Å²) < 4.78 is 0. The lowest BCUT2D eigenvalue weighted by molar-refractivity contribution is -0.137. The molecule has 0 aliphatic rings. The molecule has 0 radical (unpaired) electrons. The monoisotopic (exact) mass is 342 g/mol. The van der Waals surface area contributed by atoms with Gasteiger partial charge in [-0.05, 0) is 25.2 Å². The second-order valence-electron chi connectivity index (χ2n) is 6.39. The summed E-state index contributed by atoms with van der Waals surface area (Å²) in [6, 6.07) is -1.58. The van der Waals surface area contributed by atoms with Crippen molar-refractivity contribution in [1.82, 2.24) is 10.6 Å². The summed E-state index contributed by atoms with van der Waals surface area (Å²) in [5, 5.41) is 13.9. The zero-order valence-electron chi connectivity index (χ0n) is 14.8. The lowest BCUT2D eigenvalue weighted by atomic mass is 10.0. The summed E-state index contributed by atoms with van der Waals surface area (Å²) in [6.07, 6.45) is 3.90. The van der Waals surface area contributed by atoms with Gasteiger partial charge >= 0.3 is 5.97 Å². The van der Waals surface area contributed by atoms with E-state index in [-0.39, 0.29) is 24.7 Å². The minimum absolute atomic E-state index is 0.0312. The van der Waals surface area contributed by atoms with Gasteiger partial charge in [0.2, 0.25) is 11.8 Å². The fourth-order valence-electron chi connectivity index (χ4n) is 2.24. The molecule has 3 N–H and O–H groups in total. The summed E-state index contributed by atoms with van der Waals surface area (Å²) >= 11 is 0. The molecule has 0 heterocycles. The molecule has 0 rings (SSSR count). The quantitative estimate of drug-likeness (QED) is 0.348. The Morgan fingerprint density at radius 3 is 2.25 bits per heavy atom. The van der Waals surface area contributed by atoms with Crippen molar-refractivity contribution in [2.75, 3.05) is 0 Å². The molecule has 2 atom stereocenters.